The van der Waals surface area contributed by atoms with Gasteiger partial charge in [0.05, 0.1) is 18.0 Å². The van der Waals surface area contributed by atoms with Crippen LogP contribution in [-0.2, 0) is 16.8 Å². The van der Waals surface area contributed by atoms with Crippen LogP contribution in [0.3, 0.4) is 0 Å². The van der Waals surface area contributed by atoms with Gasteiger partial charge in [-0.2, -0.15) is 19.0 Å². The number of halogens is 2. The molecule has 0 unspecified atom stereocenters. The van der Waals surface area contributed by atoms with E-state index in [0.29, 0.717) is 37.2 Å². The molecule has 7 nitrogen and oxygen atoms in total. The lowest BCUT2D eigenvalue weighted by Gasteiger charge is -2.42. The summed E-state index contributed by atoms with van der Waals surface area (Å²) in [6.45, 7) is -1.24. The first-order chi connectivity index (χ1) is 14.6. The lowest BCUT2D eigenvalue weighted by Crippen LogP contribution is -2.48. The van der Waals surface area contributed by atoms with Gasteiger partial charge in [-0.25, -0.2) is 9.36 Å². The largest absolute Gasteiger partial charge is 0.368 e. The third kappa shape index (κ3) is 3.19. The molecule has 2 aliphatic heterocycles. The molecule has 1 saturated heterocycles. The Hall–Kier alpha value is -3.07. The van der Waals surface area contributed by atoms with Crippen molar-refractivity contribution >= 4 is 5.91 Å². The summed E-state index contributed by atoms with van der Waals surface area (Å²) in [6, 6.07) is 11.3. The van der Waals surface area contributed by atoms with Crippen molar-refractivity contribution in [3.8, 4) is 5.69 Å². The van der Waals surface area contributed by atoms with E-state index in [4.69, 9.17) is 9.84 Å². The summed E-state index contributed by atoms with van der Waals surface area (Å²) in [5, 5.41) is 8.53. The minimum absolute atomic E-state index is 0.0323. The number of piperidine rings is 1. The summed E-state index contributed by atoms with van der Waals surface area (Å²) in [5.41, 5.74) is 2.61. The van der Waals surface area contributed by atoms with Crippen LogP contribution in [0.15, 0.2) is 48.8 Å². The van der Waals surface area contributed by atoms with E-state index in [1.54, 1.807) is 4.90 Å². The van der Waals surface area contributed by atoms with Crippen LogP contribution in [0.5, 0.6) is 0 Å². The molecule has 1 fully saturated rings. The first kappa shape index (κ1) is 18.9. The number of hydrogen-bond donors (Lipinski definition) is 0. The van der Waals surface area contributed by atoms with Crippen LogP contribution >= 0.6 is 0 Å². The number of carbonyl (C=O) groups is 1. The summed E-state index contributed by atoms with van der Waals surface area (Å²) in [5.74, 6) is -0.338. The van der Waals surface area contributed by atoms with Gasteiger partial charge in [-0.3, -0.25) is 4.79 Å². The van der Waals surface area contributed by atoms with E-state index in [-0.39, 0.29) is 11.6 Å². The SMILES string of the molecule is O=C(c1ccn(C(F)F)n1)N1CCC2(CC1)OCCc1cn(-c3ccccc3)nc12. The van der Waals surface area contributed by atoms with Gasteiger partial charge < -0.3 is 9.64 Å². The van der Waals surface area contributed by atoms with Crippen molar-refractivity contribution in [2.24, 2.45) is 0 Å². The Labute approximate surface area is 171 Å². The Morgan fingerprint density at radius 1 is 1.10 bits per heavy atom. The van der Waals surface area contributed by atoms with Crippen molar-refractivity contribution in [2.75, 3.05) is 19.7 Å². The minimum atomic E-state index is -2.76. The molecule has 0 radical (unpaired) electrons. The molecule has 3 aromatic rings. The molecule has 4 heterocycles. The lowest BCUT2D eigenvalue weighted by molar-refractivity contribution is -0.0963. The van der Waals surface area contributed by atoms with Crippen molar-refractivity contribution in [3.05, 3.63) is 65.7 Å². The lowest BCUT2D eigenvalue weighted by atomic mass is 9.83. The number of alkyl halides is 2. The van der Waals surface area contributed by atoms with E-state index in [0.717, 1.165) is 24.0 Å². The second-order valence-electron chi connectivity index (χ2n) is 7.63. The third-order valence-electron chi connectivity index (χ3n) is 5.88. The van der Waals surface area contributed by atoms with E-state index in [2.05, 4.69) is 11.3 Å². The molecule has 9 heteroatoms. The molecular formula is C21H21F2N5O2. The number of amides is 1. The summed E-state index contributed by atoms with van der Waals surface area (Å²) < 4.78 is 34.1. The molecule has 1 amide bonds. The van der Waals surface area contributed by atoms with Crippen LogP contribution in [-0.4, -0.2) is 50.1 Å². The first-order valence-electron chi connectivity index (χ1n) is 9.97. The van der Waals surface area contributed by atoms with E-state index in [1.807, 2.05) is 35.0 Å². The molecule has 0 bridgehead atoms. The van der Waals surface area contributed by atoms with Crippen molar-refractivity contribution in [3.63, 3.8) is 0 Å². The topological polar surface area (TPSA) is 65.2 Å². The Balaban J connectivity index is 1.35. The maximum absolute atomic E-state index is 12.7. The van der Waals surface area contributed by atoms with Crippen LogP contribution in [0.2, 0.25) is 0 Å². The molecule has 1 spiro atoms. The van der Waals surface area contributed by atoms with Gasteiger partial charge in [0.25, 0.3) is 5.91 Å². The third-order valence-corrected chi connectivity index (χ3v) is 5.88. The molecule has 156 valence electrons. The zero-order valence-corrected chi connectivity index (χ0v) is 16.2. The Bertz CT molecular complexity index is 1050. The molecule has 30 heavy (non-hydrogen) atoms. The minimum Gasteiger partial charge on any atom is -0.368 e. The van der Waals surface area contributed by atoms with Gasteiger partial charge in [-0.05, 0) is 43.0 Å². The first-order valence-corrected chi connectivity index (χ1v) is 9.97. The highest BCUT2D eigenvalue weighted by Gasteiger charge is 2.44. The molecule has 0 aliphatic carbocycles. The molecule has 5 rings (SSSR count). The molecular weight excluding hydrogens is 392 g/mol. The van der Waals surface area contributed by atoms with Crippen LogP contribution in [0.25, 0.3) is 5.69 Å². The summed E-state index contributed by atoms with van der Waals surface area (Å²) >= 11 is 0. The van der Waals surface area contributed by atoms with Gasteiger partial charge in [-0.1, -0.05) is 18.2 Å². The van der Waals surface area contributed by atoms with E-state index >= 15 is 0 Å². The highest BCUT2D eigenvalue weighted by Crippen LogP contribution is 2.41. The van der Waals surface area contributed by atoms with Crippen molar-refractivity contribution in [2.45, 2.75) is 31.4 Å². The number of rotatable bonds is 3. The molecule has 1 aromatic carbocycles. The molecule has 0 atom stereocenters. The molecule has 2 aromatic heterocycles. The Morgan fingerprint density at radius 2 is 1.87 bits per heavy atom. The van der Waals surface area contributed by atoms with E-state index < -0.39 is 12.2 Å². The normalized spacial score (nSPS) is 18.0. The molecule has 2 aliphatic rings. The zero-order valence-electron chi connectivity index (χ0n) is 16.2. The average Bonchev–Trinajstić information content (AvgIpc) is 3.43. The number of nitrogens with zero attached hydrogens (tertiary/aromatic N) is 5. The zero-order chi connectivity index (χ0) is 20.7. The van der Waals surface area contributed by atoms with Gasteiger partial charge >= 0.3 is 6.55 Å². The number of benzene rings is 1. The van der Waals surface area contributed by atoms with Crippen molar-refractivity contribution < 1.29 is 18.3 Å². The van der Waals surface area contributed by atoms with Crippen molar-refractivity contribution in [1.82, 2.24) is 24.5 Å². The standard InChI is InChI=1S/C21H21F2N5O2/c22-20(23)27-10-6-17(24-27)19(29)26-11-8-21(9-12-26)18-15(7-13-30-21)14-28(25-18)16-4-2-1-3-5-16/h1-6,10,14,20H,7-9,11-13H2. The monoisotopic (exact) mass is 413 g/mol. The number of likely N-dealkylation sites (tertiary alicyclic amines) is 1. The van der Waals surface area contributed by atoms with E-state index in [1.165, 1.54) is 11.6 Å². The number of aromatic nitrogens is 4. The van der Waals surface area contributed by atoms with E-state index in [9.17, 15) is 13.6 Å². The molecule has 0 N–H and O–H groups in total. The van der Waals surface area contributed by atoms with Gasteiger partial charge in [0.1, 0.15) is 5.60 Å². The summed E-state index contributed by atoms with van der Waals surface area (Å²) in [7, 11) is 0. The number of para-hydroxylation sites is 1. The number of hydrogen-bond acceptors (Lipinski definition) is 4. The number of ether oxygens (including phenoxy) is 1. The summed E-state index contributed by atoms with van der Waals surface area (Å²) in [4.78, 5) is 14.3. The Kier molecular flexibility index (Phi) is 4.62. The highest BCUT2D eigenvalue weighted by molar-refractivity contribution is 5.92. The van der Waals surface area contributed by atoms with Gasteiger partial charge in [0.2, 0.25) is 0 Å². The predicted octanol–water partition coefficient (Wildman–Crippen LogP) is 3.17. The summed E-state index contributed by atoms with van der Waals surface area (Å²) in [6.07, 6.45) is 5.19. The fourth-order valence-electron chi connectivity index (χ4n) is 4.29. The molecule has 0 saturated carbocycles. The fourth-order valence-corrected chi connectivity index (χ4v) is 4.29. The average molecular weight is 413 g/mol. The second kappa shape index (κ2) is 7.32. The smallest absolute Gasteiger partial charge is 0.333 e. The van der Waals surface area contributed by atoms with Crippen LogP contribution < -0.4 is 0 Å². The number of carbonyl (C=O) groups excluding carboxylic acids is 1. The van der Waals surface area contributed by atoms with Gasteiger partial charge in [0.15, 0.2) is 5.69 Å². The predicted molar refractivity (Wildman–Crippen MR) is 104 cm³/mol. The van der Waals surface area contributed by atoms with Gasteiger partial charge in [0, 0.05) is 25.5 Å². The highest BCUT2D eigenvalue weighted by atomic mass is 19.3. The van der Waals surface area contributed by atoms with Crippen LogP contribution in [0.1, 0.15) is 41.1 Å². The van der Waals surface area contributed by atoms with Crippen molar-refractivity contribution in [1.29, 1.82) is 0 Å². The fraction of sp³-hybridized carbons (Fsp3) is 0.381. The number of fused-ring (bicyclic) bond motifs is 2. The van der Waals surface area contributed by atoms with Crippen LogP contribution in [0.4, 0.5) is 8.78 Å². The van der Waals surface area contributed by atoms with Gasteiger partial charge in [-0.15, -0.1) is 0 Å². The van der Waals surface area contributed by atoms with Crippen LogP contribution in [0, 0.1) is 0 Å². The maximum atomic E-state index is 12.7. The quantitative estimate of drug-likeness (QED) is 0.662. The second-order valence-corrected chi connectivity index (χ2v) is 7.63. The Morgan fingerprint density at radius 3 is 2.57 bits per heavy atom. The maximum Gasteiger partial charge on any atom is 0.333 e.